The second-order valence-electron chi connectivity index (χ2n) is 9.36. The van der Waals surface area contributed by atoms with Gasteiger partial charge in [-0.25, -0.2) is 0 Å². The molecule has 1 aliphatic heterocycles. The van der Waals surface area contributed by atoms with Crippen LogP contribution in [0.5, 0.6) is 0 Å². The molecule has 1 aromatic carbocycles. The van der Waals surface area contributed by atoms with Crippen LogP contribution in [-0.2, 0) is 20.5 Å². The number of rotatable bonds is 8. The third-order valence-electron chi connectivity index (χ3n) is 6.18. The average molecular weight is 395 g/mol. The molecule has 0 saturated carbocycles. The number of ether oxygens (including phenoxy) is 2. The van der Waals surface area contributed by atoms with E-state index in [2.05, 4.69) is 52.9 Å². The second kappa shape index (κ2) is 9.66. The van der Waals surface area contributed by atoms with E-state index in [1.165, 1.54) is 5.56 Å². The van der Waals surface area contributed by atoms with Crippen LogP contribution in [0.3, 0.4) is 0 Å². The van der Waals surface area contributed by atoms with Gasteiger partial charge in [-0.05, 0) is 36.5 Å². The molecular weight excluding hydrogens is 356 g/mol. The number of benzene rings is 1. The van der Waals surface area contributed by atoms with Gasteiger partial charge < -0.3 is 19.0 Å². The van der Waals surface area contributed by atoms with Crippen molar-refractivity contribution in [2.75, 3.05) is 13.2 Å². The van der Waals surface area contributed by atoms with Crippen LogP contribution < -0.4 is 0 Å². The summed E-state index contributed by atoms with van der Waals surface area (Å²) >= 11 is 0. The van der Waals surface area contributed by atoms with Gasteiger partial charge in [-0.15, -0.1) is 0 Å². The van der Waals surface area contributed by atoms with Gasteiger partial charge in [-0.3, -0.25) is 0 Å². The van der Waals surface area contributed by atoms with E-state index in [1.54, 1.807) is 0 Å². The van der Waals surface area contributed by atoms with E-state index in [0.29, 0.717) is 26.2 Å². The topological polar surface area (TPSA) is 47.9 Å². The molecule has 0 aromatic heterocycles. The summed E-state index contributed by atoms with van der Waals surface area (Å²) in [6.45, 7) is 15.1. The molecule has 4 nitrogen and oxygen atoms in total. The fourth-order valence-corrected chi connectivity index (χ4v) is 4.04. The lowest BCUT2D eigenvalue weighted by molar-refractivity contribution is -0.148. The van der Waals surface area contributed by atoms with Crippen LogP contribution in [0.4, 0.5) is 0 Å². The van der Waals surface area contributed by atoms with E-state index in [-0.39, 0.29) is 29.3 Å². The van der Waals surface area contributed by atoms with Gasteiger partial charge in [0, 0.05) is 12.5 Å². The molecular formula is C22H38O4Si. The average Bonchev–Trinajstić information content (AvgIpc) is 2.60. The Morgan fingerprint density at radius 1 is 1.19 bits per heavy atom. The molecule has 0 unspecified atom stereocenters. The summed E-state index contributed by atoms with van der Waals surface area (Å²) in [6.07, 6.45) is 1.10. The Morgan fingerprint density at radius 2 is 1.85 bits per heavy atom. The number of hydrogen-bond donors (Lipinski definition) is 1. The van der Waals surface area contributed by atoms with Crippen molar-refractivity contribution in [2.45, 2.75) is 83.6 Å². The van der Waals surface area contributed by atoms with Gasteiger partial charge in [-0.2, -0.15) is 0 Å². The van der Waals surface area contributed by atoms with Gasteiger partial charge in [0.05, 0.1) is 31.5 Å². The van der Waals surface area contributed by atoms with E-state index >= 15 is 0 Å². The van der Waals surface area contributed by atoms with Crippen LogP contribution in [0.2, 0.25) is 18.1 Å². The Morgan fingerprint density at radius 3 is 2.48 bits per heavy atom. The number of aliphatic hydroxyl groups excluding tert-OH is 1. The summed E-state index contributed by atoms with van der Waals surface area (Å²) in [6, 6.07) is 10.2. The standard InChI is InChI=1S/C22H38O4Si/c1-17-20(23)14-19(12-13-24-15-18-10-8-7-9-11-18)26-21(17)16-25-27(5,6)22(2,3)4/h7-11,17,19-21,23H,12-16H2,1-6H3/t17-,19+,20-,21-/m1/s1. The molecule has 0 amide bonds. The first-order valence-electron chi connectivity index (χ1n) is 10.2. The van der Waals surface area contributed by atoms with Crippen LogP contribution in [0.15, 0.2) is 30.3 Å². The minimum absolute atomic E-state index is 0.0278. The first-order valence-corrected chi connectivity index (χ1v) is 13.1. The van der Waals surface area contributed by atoms with Crippen molar-refractivity contribution in [3.05, 3.63) is 35.9 Å². The molecule has 27 heavy (non-hydrogen) atoms. The zero-order chi connectivity index (χ0) is 20.1. The summed E-state index contributed by atoms with van der Waals surface area (Å²) < 4.78 is 18.4. The molecule has 0 aliphatic carbocycles. The first-order chi connectivity index (χ1) is 12.6. The van der Waals surface area contributed by atoms with E-state index in [9.17, 15) is 5.11 Å². The zero-order valence-electron chi connectivity index (χ0n) is 17.9. The molecule has 1 aliphatic rings. The molecule has 1 N–H and O–H groups in total. The molecule has 0 bridgehead atoms. The lowest BCUT2D eigenvalue weighted by Gasteiger charge is -2.42. The fraction of sp³-hybridized carbons (Fsp3) is 0.727. The molecule has 4 atom stereocenters. The molecule has 1 aromatic rings. The molecule has 1 heterocycles. The lowest BCUT2D eigenvalue weighted by atomic mass is 9.90. The van der Waals surface area contributed by atoms with Gasteiger partial charge in [0.25, 0.3) is 0 Å². The van der Waals surface area contributed by atoms with Gasteiger partial charge in [-0.1, -0.05) is 58.0 Å². The third-order valence-corrected chi connectivity index (χ3v) is 10.7. The minimum Gasteiger partial charge on any atom is -0.414 e. The Labute approximate surface area is 166 Å². The van der Waals surface area contributed by atoms with Crippen LogP contribution in [0.25, 0.3) is 0 Å². The molecule has 5 heteroatoms. The maximum atomic E-state index is 10.5. The molecule has 0 radical (unpaired) electrons. The monoisotopic (exact) mass is 394 g/mol. The summed E-state index contributed by atoms with van der Waals surface area (Å²) in [5.41, 5.74) is 1.18. The van der Waals surface area contributed by atoms with Gasteiger partial charge in [0.2, 0.25) is 0 Å². The van der Waals surface area contributed by atoms with E-state index in [4.69, 9.17) is 13.9 Å². The van der Waals surface area contributed by atoms with Crippen molar-refractivity contribution in [2.24, 2.45) is 5.92 Å². The minimum atomic E-state index is -1.82. The molecule has 0 spiro atoms. The van der Waals surface area contributed by atoms with Crippen molar-refractivity contribution < 1.29 is 19.0 Å². The third kappa shape index (κ3) is 6.68. The Balaban J connectivity index is 1.79. The maximum Gasteiger partial charge on any atom is 0.192 e. The summed E-state index contributed by atoms with van der Waals surface area (Å²) in [5, 5.41) is 10.7. The SMILES string of the molecule is C[C@@H]1[C@H](O)C[C@H](CCOCc2ccccc2)O[C@@H]1CO[Si](C)(C)C(C)(C)C. The Bertz CT molecular complexity index is 555. The van der Waals surface area contributed by atoms with Gasteiger partial charge >= 0.3 is 0 Å². The normalized spacial score (nSPS) is 26.9. The maximum absolute atomic E-state index is 10.5. The highest BCUT2D eigenvalue weighted by Crippen LogP contribution is 2.37. The van der Waals surface area contributed by atoms with Crippen LogP contribution in [-0.4, -0.2) is 44.9 Å². The summed E-state index contributed by atoms with van der Waals surface area (Å²) in [4.78, 5) is 0. The lowest BCUT2D eigenvalue weighted by Crippen LogP contribution is -2.49. The van der Waals surface area contributed by atoms with E-state index in [1.807, 2.05) is 18.2 Å². The largest absolute Gasteiger partial charge is 0.414 e. The van der Waals surface area contributed by atoms with Crippen molar-refractivity contribution in [3.63, 3.8) is 0 Å². The van der Waals surface area contributed by atoms with Gasteiger partial charge in [0.1, 0.15) is 0 Å². The quantitative estimate of drug-likeness (QED) is 0.510. The zero-order valence-corrected chi connectivity index (χ0v) is 18.9. The van der Waals surface area contributed by atoms with E-state index < -0.39 is 8.32 Å². The van der Waals surface area contributed by atoms with Crippen molar-refractivity contribution in [1.82, 2.24) is 0 Å². The highest BCUT2D eigenvalue weighted by Gasteiger charge is 2.40. The van der Waals surface area contributed by atoms with Crippen LogP contribution in [0, 0.1) is 5.92 Å². The first kappa shape index (κ1) is 22.6. The highest BCUT2D eigenvalue weighted by atomic mass is 28.4. The van der Waals surface area contributed by atoms with Crippen LogP contribution >= 0.6 is 0 Å². The van der Waals surface area contributed by atoms with Crippen LogP contribution in [0.1, 0.15) is 46.1 Å². The molecule has 1 saturated heterocycles. The molecule has 2 rings (SSSR count). The predicted molar refractivity (Wildman–Crippen MR) is 112 cm³/mol. The van der Waals surface area contributed by atoms with Crippen molar-refractivity contribution in [3.8, 4) is 0 Å². The van der Waals surface area contributed by atoms with Crippen molar-refractivity contribution >= 4 is 8.32 Å². The predicted octanol–water partition coefficient (Wildman–Crippen LogP) is 4.77. The molecule has 154 valence electrons. The smallest absolute Gasteiger partial charge is 0.192 e. The number of hydrogen-bond acceptors (Lipinski definition) is 4. The number of aliphatic hydroxyl groups is 1. The second-order valence-corrected chi connectivity index (χ2v) is 14.2. The summed E-state index contributed by atoms with van der Waals surface area (Å²) in [7, 11) is -1.82. The van der Waals surface area contributed by atoms with E-state index in [0.717, 1.165) is 6.42 Å². The Kier molecular flexibility index (Phi) is 8.07. The summed E-state index contributed by atoms with van der Waals surface area (Å²) in [5.74, 6) is 0.0938. The van der Waals surface area contributed by atoms with Crippen molar-refractivity contribution in [1.29, 1.82) is 0 Å². The highest BCUT2D eigenvalue weighted by molar-refractivity contribution is 6.74. The van der Waals surface area contributed by atoms with Gasteiger partial charge in [0.15, 0.2) is 8.32 Å². The Hall–Kier alpha value is -0.723. The fourth-order valence-electron chi connectivity index (χ4n) is 3.02. The molecule has 1 fully saturated rings.